The standard InChI is InChI=1S/C7H14N4O2S/c1-11-4-2-7(10-11)6-9-14(12,13)5-3-8/h2,4,9H,3,5-6,8H2,1H3. The van der Waals surface area contributed by atoms with Crippen molar-refractivity contribution in [1.29, 1.82) is 0 Å². The predicted molar refractivity (Wildman–Crippen MR) is 52.9 cm³/mol. The Kier molecular flexibility index (Phi) is 3.62. The van der Waals surface area contributed by atoms with Gasteiger partial charge in [0.05, 0.1) is 18.0 Å². The average molecular weight is 218 g/mol. The van der Waals surface area contributed by atoms with E-state index in [0.717, 1.165) is 0 Å². The van der Waals surface area contributed by atoms with Gasteiger partial charge in [0, 0.05) is 19.8 Å². The van der Waals surface area contributed by atoms with Gasteiger partial charge in [0.25, 0.3) is 0 Å². The van der Waals surface area contributed by atoms with Crippen molar-refractivity contribution in [2.45, 2.75) is 6.54 Å². The summed E-state index contributed by atoms with van der Waals surface area (Å²) in [7, 11) is -1.47. The molecule has 7 heteroatoms. The monoisotopic (exact) mass is 218 g/mol. The third-order valence-electron chi connectivity index (χ3n) is 1.63. The summed E-state index contributed by atoms with van der Waals surface area (Å²) in [5, 5.41) is 4.03. The minimum atomic E-state index is -3.24. The minimum absolute atomic E-state index is 0.0557. The normalized spacial score (nSPS) is 11.9. The van der Waals surface area contributed by atoms with Crippen molar-refractivity contribution in [2.75, 3.05) is 12.3 Å². The molecule has 14 heavy (non-hydrogen) atoms. The van der Waals surface area contributed by atoms with Crippen LogP contribution in [0.2, 0.25) is 0 Å². The molecule has 0 aromatic carbocycles. The maximum absolute atomic E-state index is 11.2. The van der Waals surface area contributed by atoms with E-state index in [9.17, 15) is 8.42 Å². The van der Waals surface area contributed by atoms with E-state index in [2.05, 4.69) is 9.82 Å². The summed E-state index contributed by atoms with van der Waals surface area (Å²) in [4.78, 5) is 0. The highest BCUT2D eigenvalue weighted by Crippen LogP contribution is 1.94. The van der Waals surface area contributed by atoms with Crippen LogP contribution in [0.25, 0.3) is 0 Å². The summed E-state index contributed by atoms with van der Waals surface area (Å²) < 4.78 is 26.4. The molecule has 0 fully saturated rings. The van der Waals surface area contributed by atoms with E-state index < -0.39 is 10.0 Å². The maximum Gasteiger partial charge on any atom is 0.213 e. The van der Waals surface area contributed by atoms with Crippen LogP contribution in [-0.2, 0) is 23.6 Å². The Balaban J connectivity index is 2.48. The molecule has 0 aliphatic rings. The van der Waals surface area contributed by atoms with Gasteiger partial charge in [0.1, 0.15) is 0 Å². The van der Waals surface area contributed by atoms with Crippen LogP contribution in [0.3, 0.4) is 0 Å². The Morgan fingerprint density at radius 1 is 1.64 bits per heavy atom. The molecule has 1 aromatic rings. The molecule has 0 spiro atoms. The van der Waals surface area contributed by atoms with Gasteiger partial charge in [0.2, 0.25) is 10.0 Å². The summed E-state index contributed by atoms with van der Waals surface area (Å²) in [6.45, 7) is 0.334. The minimum Gasteiger partial charge on any atom is -0.329 e. The van der Waals surface area contributed by atoms with Crippen LogP contribution in [0.4, 0.5) is 0 Å². The van der Waals surface area contributed by atoms with Gasteiger partial charge in [-0.3, -0.25) is 4.68 Å². The number of aromatic nitrogens is 2. The molecule has 0 aliphatic heterocycles. The van der Waals surface area contributed by atoms with Gasteiger partial charge in [-0.05, 0) is 6.07 Å². The maximum atomic E-state index is 11.2. The van der Waals surface area contributed by atoms with Gasteiger partial charge in [-0.15, -0.1) is 0 Å². The topological polar surface area (TPSA) is 90.0 Å². The van der Waals surface area contributed by atoms with Crippen molar-refractivity contribution in [3.8, 4) is 0 Å². The van der Waals surface area contributed by atoms with E-state index >= 15 is 0 Å². The smallest absolute Gasteiger partial charge is 0.213 e. The first-order valence-electron chi connectivity index (χ1n) is 4.19. The van der Waals surface area contributed by atoms with Gasteiger partial charge in [-0.25, -0.2) is 13.1 Å². The van der Waals surface area contributed by atoms with E-state index in [1.165, 1.54) is 0 Å². The largest absolute Gasteiger partial charge is 0.329 e. The first-order chi connectivity index (χ1) is 6.53. The zero-order valence-corrected chi connectivity index (χ0v) is 8.79. The van der Waals surface area contributed by atoms with Crippen LogP contribution in [-0.4, -0.2) is 30.5 Å². The Labute approximate surface area is 83.1 Å². The predicted octanol–water partition coefficient (Wildman–Crippen LogP) is -1.20. The highest BCUT2D eigenvalue weighted by Gasteiger charge is 2.08. The molecule has 0 atom stereocenters. The third kappa shape index (κ3) is 3.44. The van der Waals surface area contributed by atoms with E-state index in [1.807, 2.05) is 0 Å². The molecule has 6 nitrogen and oxygen atoms in total. The zero-order valence-electron chi connectivity index (χ0n) is 7.97. The Hall–Kier alpha value is -0.920. The zero-order chi connectivity index (χ0) is 10.6. The number of aryl methyl sites for hydroxylation is 1. The SMILES string of the molecule is Cn1ccc(CNS(=O)(=O)CCN)n1. The molecule has 0 radical (unpaired) electrons. The lowest BCUT2D eigenvalue weighted by molar-refractivity contribution is 0.579. The van der Waals surface area contributed by atoms with Crippen molar-refractivity contribution in [3.63, 3.8) is 0 Å². The quantitative estimate of drug-likeness (QED) is 0.649. The molecule has 0 aliphatic carbocycles. The van der Waals surface area contributed by atoms with Crippen molar-refractivity contribution in [2.24, 2.45) is 12.8 Å². The summed E-state index contributed by atoms with van der Waals surface area (Å²) in [6.07, 6.45) is 1.76. The van der Waals surface area contributed by atoms with Crippen LogP contribution in [0.15, 0.2) is 12.3 Å². The van der Waals surface area contributed by atoms with Crippen LogP contribution < -0.4 is 10.5 Å². The molecule has 0 amide bonds. The first kappa shape index (κ1) is 11.2. The molecule has 3 N–H and O–H groups in total. The van der Waals surface area contributed by atoms with Gasteiger partial charge in [0.15, 0.2) is 0 Å². The van der Waals surface area contributed by atoms with E-state index in [1.54, 1.807) is 24.0 Å². The number of sulfonamides is 1. The van der Waals surface area contributed by atoms with Crippen LogP contribution in [0.5, 0.6) is 0 Å². The van der Waals surface area contributed by atoms with Gasteiger partial charge < -0.3 is 5.73 Å². The van der Waals surface area contributed by atoms with Crippen LogP contribution >= 0.6 is 0 Å². The first-order valence-corrected chi connectivity index (χ1v) is 5.84. The van der Waals surface area contributed by atoms with Crippen molar-refractivity contribution in [1.82, 2.24) is 14.5 Å². The number of hydrogen-bond acceptors (Lipinski definition) is 4. The van der Waals surface area contributed by atoms with Crippen molar-refractivity contribution < 1.29 is 8.42 Å². The van der Waals surface area contributed by atoms with Gasteiger partial charge in [-0.2, -0.15) is 5.10 Å². The van der Waals surface area contributed by atoms with Crippen molar-refractivity contribution in [3.05, 3.63) is 18.0 Å². The molecule has 1 aromatic heterocycles. The van der Waals surface area contributed by atoms with Crippen molar-refractivity contribution >= 4 is 10.0 Å². The Morgan fingerprint density at radius 3 is 2.86 bits per heavy atom. The lowest BCUT2D eigenvalue weighted by Gasteiger charge is -2.02. The number of rotatable bonds is 5. The number of hydrogen-bond donors (Lipinski definition) is 2. The Bertz CT molecular complexity index is 384. The molecule has 1 rings (SSSR count). The lowest BCUT2D eigenvalue weighted by Crippen LogP contribution is -2.29. The fourth-order valence-electron chi connectivity index (χ4n) is 0.969. The molecule has 0 bridgehead atoms. The summed E-state index contributed by atoms with van der Waals surface area (Å²) in [6, 6.07) is 1.75. The second-order valence-corrected chi connectivity index (χ2v) is 4.84. The van der Waals surface area contributed by atoms with Gasteiger partial charge >= 0.3 is 0 Å². The van der Waals surface area contributed by atoms with E-state index in [0.29, 0.717) is 5.69 Å². The summed E-state index contributed by atoms with van der Waals surface area (Å²) in [5.41, 5.74) is 5.84. The molecular formula is C7H14N4O2S. The molecule has 0 saturated heterocycles. The number of nitrogens with one attached hydrogen (secondary N) is 1. The summed E-state index contributed by atoms with van der Waals surface area (Å²) in [5.74, 6) is -0.0557. The van der Waals surface area contributed by atoms with Crippen LogP contribution in [0, 0.1) is 0 Å². The molecule has 80 valence electrons. The lowest BCUT2D eigenvalue weighted by atomic mass is 10.4. The molecule has 0 unspecified atom stereocenters. The second kappa shape index (κ2) is 4.54. The van der Waals surface area contributed by atoms with Crippen LogP contribution in [0.1, 0.15) is 5.69 Å². The fraction of sp³-hybridized carbons (Fsp3) is 0.571. The highest BCUT2D eigenvalue weighted by atomic mass is 32.2. The van der Waals surface area contributed by atoms with E-state index in [4.69, 9.17) is 5.73 Å². The second-order valence-electron chi connectivity index (χ2n) is 2.91. The average Bonchev–Trinajstić information content (AvgIpc) is 2.48. The Morgan fingerprint density at radius 2 is 2.36 bits per heavy atom. The number of nitrogens with zero attached hydrogens (tertiary/aromatic N) is 2. The fourth-order valence-corrected chi connectivity index (χ4v) is 1.79. The summed E-state index contributed by atoms with van der Waals surface area (Å²) >= 11 is 0. The van der Waals surface area contributed by atoms with Gasteiger partial charge in [-0.1, -0.05) is 0 Å². The molecule has 0 saturated carbocycles. The third-order valence-corrected chi connectivity index (χ3v) is 2.99. The number of nitrogens with two attached hydrogens (primary N) is 1. The molecular weight excluding hydrogens is 204 g/mol. The van der Waals surface area contributed by atoms with E-state index in [-0.39, 0.29) is 18.8 Å². The molecule has 1 heterocycles. The highest BCUT2D eigenvalue weighted by molar-refractivity contribution is 7.89.